The lowest BCUT2D eigenvalue weighted by molar-refractivity contribution is 0.355. The summed E-state index contributed by atoms with van der Waals surface area (Å²) in [6.07, 6.45) is 5.34. The fraction of sp³-hybridized carbons (Fsp3) is 0.700. The van der Waals surface area contributed by atoms with E-state index in [2.05, 4.69) is 5.16 Å². The Morgan fingerprint density at radius 3 is 2.85 bits per heavy atom. The molecule has 0 radical (unpaired) electrons. The average Bonchev–Trinajstić information content (AvgIpc) is 2.77. The third kappa shape index (κ3) is 1.06. The molecule has 3 heteroatoms. The fourth-order valence-electron chi connectivity index (χ4n) is 3.10. The van der Waals surface area contributed by atoms with Gasteiger partial charge in [-0.25, -0.2) is 9.95 Å². The molecule has 3 unspecified atom stereocenters. The van der Waals surface area contributed by atoms with E-state index in [1.807, 2.05) is 0 Å². The zero-order valence-electron chi connectivity index (χ0n) is 7.45. The molecule has 0 amide bonds. The van der Waals surface area contributed by atoms with Crippen molar-refractivity contribution in [3.05, 3.63) is 22.2 Å². The standard InChI is InChI=1S/C10H13NO2/c12-10-5-9(11-13-10)8-4-6-1-2-7(8)3-6/h5-8,11H,1-4H2. The molecule has 0 saturated heterocycles. The van der Waals surface area contributed by atoms with Crippen molar-refractivity contribution in [2.45, 2.75) is 31.6 Å². The SMILES string of the molecule is O=c1cc(C2CC3CCC2C3)[nH]o1. The minimum Gasteiger partial charge on any atom is -0.339 e. The molecule has 3 rings (SSSR count). The van der Waals surface area contributed by atoms with E-state index in [0.29, 0.717) is 5.92 Å². The number of H-pyrrole nitrogens is 1. The maximum absolute atomic E-state index is 10.9. The van der Waals surface area contributed by atoms with Crippen molar-refractivity contribution >= 4 is 0 Å². The zero-order chi connectivity index (χ0) is 8.84. The van der Waals surface area contributed by atoms with E-state index >= 15 is 0 Å². The summed E-state index contributed by atoms with van der Waals surface area (Å²) >= 11 is 0. The topological polar surface area (TPSA) is 46.0 Å². The van der Waals surface area contributed by atoms with Gasteiger partial charge in [0.05, 0.1) is 5.69 Å². The minimum atomic E-state index is -0.238. The maximum atomic E-state index is 10.9. The van der Waals surface area contributed by atoms with E-state index in [0.717, 1.165) is 17.5 Å². The first kappa shape index (κ1) is 7.42. The average molecular weight is 179 g/mol. The summed E-state index contributed by atoms with van der Waals surface area (Å²) < 4.78 is 4.70. The highest BCUT2D eigenvalue weighted by atomic mass is 16.5. The van der Waals surface area contributed by atoms with Gasteiger partial charge in [-0.15, -0.1) is 0 Å². The smallest absolute Gasteiger partial charge is 0.339 e. The molecule has 2 saturated carbocycles. The van der Waals surface area contributed by atoms with Crippen LogP contribution in [0.25, 0.3) is 0 Å². The molecule has 70 valence electrons. The molecule has 0 spiro atoms. The van der Waals surface area contributed by atoms with E-state index in [1.165, 1.54) is 25.7 Å². The molecular formula is C10H13NO2. The van der Waals surface area contributed by atoms with E-state index in [9.17, 15) is 4.79 Å². The second kappa shape index (κ2) is 2.50. The summed E-state index contributed by atoms with van der Waals surface area (Å²) in [7, 11) is 0. The van der Waals surface area contributed by atoms with Crippen molar-refractivity contribution in [2.24, 2.45) is 11.8 Å². The van der Waals surface area contributed by atoms with Gasteiger partial charge in [0.1, 0.15) is 0 Å². The van der Waals surface area contributed by atoms with Crippen molar-refractivity contribution in [2.75, 3.05) is 0 Å². The monoisotopic (exact) mass is 179 g/mol. The van der Waals surface area contributed by atoms with Crippen LogP contribution in [0.2, 0.25) is 0 Å². The molecule has 3 atom stereocenters. The third-order valence-electron chi connectivity index (χ3n) is 3.68. The van der Waals surface area contributed by atoms with Gasteiger partial charge >= 0.3 is 5.63 Å². The Labute approximate surface area is 76.1 Å². The molecule has 3 nitrogen and oxygen atoms in total. The van der Waals surface area contributed by atoms with Crippen LogP contribution < -0.4 is 5.63 Å². The molecule has 2 bridgehead atoms. The molecule has 0 aromatic carbocycles. The lowest BCUT2D eigenvalue weighted by Crippen LogP contribution is -2.08. The van der Waals surface area contributed by atoms with Crippen LogP contribution >= 0.6 is 0 Å². The summed E-state index contributed by atoms with van der Waals surface area (Å²) in [5.74, 6) is 2.29. The Morgan fingerprint density at radius 2 is 2.31 bits per heavy atom. The number of hydrogen-bond acceptors (Lipinski definition) is 2. The van der Waals surface area contributed by atoms with E-state index in [1.54, 1.807) is 6.07 Å². The Bertz CT molecular complexity index is 365. The number of nitrogens with one attached hydrogen (secondary N) is 1. The Hall–Kier alpha value is -0.990. The van der Waals surface area contributed by atoms with Gasteiger partial charge in [0.25, 0.3) is 0 Å². The van der Waals surface area contributed by atoms with Crippen LogP contribution in [0.3, 0.4) is 0 Å². The summed E-state index contributed by atoms with van der Waals surface area (Å²) in [6, 6.07) is 1.62. The molecule has 2 aliphatic carbocycles. The number of fused-ring (bicyclic) bond motifs is 2. The molecule has 2 fully saturated rings. The summed E-state index contributed by atoms with van der Waals surface area (Å²) in [4.78, 5) is 10.9. The van der Waals surface area contributed by atoms with Gasteiger partial charge in [-0.3, -0.25) is 0 Å². The predicted octanol–water partition coefficient (Wildman–Crippen LogP) is 1.87. The van der Waals surface area contributed by atoms with Crippen LogP contribution in [-0.4, -0.2) is 5.16 Å². The number of hydrogen-bond donors (Lipinski definition) is 1. The molecule has 1 aromatic heterocycles. The van der Waals surface area contributed by atoms with Crippen molar-refractivity contribution in [1.82, 2.24) is 5.16 Å². The first-order chi connectivity index (χ1) is 6.33. The first-order valence-electron chi connectivity index (χ1n) is 5.01. The quantitative estimate of drug-likeness (QED) is 0.715. The highest BCUT2D eigenvalue weighted by Gasteiger charge is 2.41. The van der Waals surface area contributed by atoms with Crippen LogP contribution in [-0.2, 0) is 0 Å². The molecule has 1 heterocycles. The van der Waals surface area contributed by atoms with Crippen molar-refractivity contribution in [3.8, 4) is 0 Å². The summed E-state index contributed by atoms with van der Waals surface area (Å²) in [5, 5.41) is 2.74. The van der Waals surface area contributed by atoms with Crippen LogP contribution in [0.1, 0.15) is 37.3 Å². The van der Waals surface area contributed by atoms with Gasteiger partial charge in [0.2, 0.25) is 0 Å². The van der Waals surface area contributed by atoms with Crippen molar-refractivity contribution in [1.29, 1.82) is 0 Å². The van der Waals surface area contributed by atoms with Gasteiger partial charge < -0.3 is 4.52 Å². The first-order valence-corrected chi connectivity index (χ1v) is 5.01. The Balaban J connectivity index is 1.91. The minimum absolute atomic E-state index is 0.238. The maximum Gasteiger partial charge on any atom is 0.357 e. The number of rotatable bonds is 1. The van der Waals surface area contributed by atoms with Crippen molar-refractivity contribution < 1.29 is 4.52 Å². The zero-order valence-corrected chi connectivity index (χ0v) is 7.45. The Kier molecular flexibility index (Phi) is 1.43. The number of aromatic nitrogens is 1. The van der Waals surface area contributed by atoms with E-state index in [4.69, 9.17) is 4.52 Å². The molecule has 2 aliphatic rings. The van der Waals surface area contributed by atoms with Crippen LogP contribution in [0.5, 0.6) is 0 Å². The second-order valence-electron chi connectivity index (χ2n) is 4.40. The third-order valence-corrected chi connectivity index (χ3v) is 3.68. The highest BCUT2D eigenvalue weighted by molar-refractivity contribution is 5.11. The lowest BCUT2D eigenvalue weighted by atomic mass is 9.86. The summed E-state index contributed by atoms with van der Waals surface area (Å²) in [6.45, 7) is 0. The second-order valence-corrected chi connectivity index (χ2v) is 4.40. The van der Waals surface area contributed by atoms with E-state index < -0.39 is 0 Å². The molecule has 1 aromatic rings. The van der Waals surface area contributed by atoms with Crippen LogP contribution in [0.15, 0.2) is 15.4 Å². The largest absolute Gasteiger partial charge is 0.357 e. The van der Waals surface area contributed by atoms with Crippen LogP contribution in [0, 0.1) is 11.8 Å². The van der Waals surface area contributed by atoms with Gasteiger partial charge in [-0.05, 0) is 31.1 Å². The van der Waals surface area contributed by atoms with Gasteiger partial charge in [-0.1, -0.05) is 6.42 Å². The lowest BCUT2D eigenvalue weighted by Gasteiger charge is -2.19. The van der Waals surface area contributed by atoms with Gasteiger partial charge in [-0.2, -0.15) is 0 Å². The molecule has 1 N–H and O–H groups in total. The highest BCUT2D eigenvalue weighted by Crippen LogP contribution is 2.52. The summed E-state index contributed by atoms with van der Waals surface area (Å²) in [5.41, 5.74) is 0.787. The predicted molar refractivity (Wildman–Crippen MR) is 47.5 cm³/mol. The van der Waals surface area contributed by atoms with Gasteiger partial charge in [0, 0.05) is 12.0 Å². The fourth-order valence-corrected chi connectivity index (χ4v) is 3.10. The van der Waals surface area contributed by atoms with E-state index in [-0.39, 0.29) is 5.63 Å². The Morgan fingerprint density at radius 1 is 1.38 bits per heavy atom. The number of aromatic amines is 1. The van der Waals surface area contributed by atoms with Crippen LogP contribution in [0.4, 0.5) is 0 Å². The molecular weight excluding hydrogens is 166 g/mol. The van der Waals surface area contributed by atoms with Gasteiger partial charge in [0.15, 0.2) is 0 Å². The normalized spacial score (nSPS) is 37.1. The molecule has 13 heavy (non-hydrogen) atoms. The van der Waals surface area contributed by atoms with Crippen molar-refractivity contribution in [3.63, 3.8) is 0 Å². The molecule has 0 aliphatic heterocycles.